The maximum Gasteiger partial charge on any atom is 0.267 e. The quantitative estimate of drug-likeness (QED) is 0.313. The molecule has 34 heavy (non-hydrogen) atoms. The molecule has 0 aromatic heterocycles. The Hall–Kier alpha value is -1.96. The van der Waals surface area contributed by atoms with Crippen molar-refractivity contribution in [1.29, 1.82) is 0 Å². The molecule has 2 unspecified atom stereocenters. The number of nitrogens with zero attached hydrogens (tertiary/aromatic N) is 1. The highest BCUT2D eigenvalue weighted by Crippen LogP contribution is 2.31. The highest BCUT2D eigenvalue weighted by atomic mass is 16.8. The van der Waals surface area contributed by atoms with Gasteiger partial charge < -0.3 is 15.8 Å². The number of amides is 1. The van der Waals surface area contributed by atoms with Gasteiger partial charge in [0.15, 0.2) is 6.29 Å². The van der Waals surface area contributed by atoms with Crippen molar-refractivity contribution < 1.29 is 14.4 Å². The van der Waals surface area contributed by atoms with Crippen molar-refractivity contribution in [3.63, 3.8) is 0 Å². The normalized spacial score (nSPS) is 26.5. The molecular weight excluding hydrogens is 428 g/mol. The zero-order valence-electron chi connectivity index (χ0n) is 21.1. The van der Waals surface area contributed by atoms with E-state index in [2.05, 4.69) is 41.8 Å². The van der Waals surface area contributed by atoms with Crippen LogP contribution in [-0.4, -0.2) is 36.6 Å². The summed E-state index contributed by atoms with van der Waals surface area (Å²) in [5.74, 6) is 1.32. The molecule has 2 fully saturated rings. The third-order valence-electron chi connectivity index (χ3n) is 6.74. The van der Waals surface area contributed by atoms with Crippen LogP contribution in [0.25, 0.3) is 0 Å². The van der Waals surface area contributed by atoms with Crippen LogP contribution < -0.4 is 16.5 Å². The summed E-state index contributed by atoms with van der Waals surface area (Å²) in [5.41, 5.74) is 9.87. The molecule has 1 saturated carbocycles. The number of carbonyl (C=O) groups excluding carboxylic acids is 1. The van der Waals surface area contributed by atoms with Gasteiger partial charge in [-0.15, -0.1) is 0 Å². The minimum Gasteiger partial charge on any atom is -0.368 e. The van der Waals surface area contributed by atoms with Crippen LogP contribution in [0.1, 0.15) is 90.9 Å². The summed E-state index contributed by atoms with van der Waals surface area (Å²) in [7, 11) is 0. The van der Waals surface area contributed by atoms with Gasteiger partial charge in [0.1, 0.15) is 5.82 Å². The molecule has 2 aliphatic heterocycles. The number of carbonyl (C=O) groups is 1. The van der Waals surface area contributed by atoms with Crippen molar-refractivity contribution in [2.45, 2.75) is 109 Å². The molecule has 3 atom stereocenters. The Kier molecular flexibility index (Phi) is 10.8. The second kappa shape index (κ2) is 13.8. The zero-order valence-corrected chi connectivity index (χ0v) is 21.1. The van der Waals surface area contributed by atoms with Crippen LogP contribution in [0.5, 0.6) is 0 Å². The molecule has 190 valence electrons. The number of rotatable bonds is 10. The molecule has 3 aliphatic rings. The van der Waals surface area contributed by atoms with E-state index in [0.717, 1.165) is 62.3 Å². The van der Waals surface area contributed by atoms with E-state index in [1.54, 1.807) is 12.3 Å². The fourth-order valence-electron chi connectivity index (χ4n) is 5.20. The largest absolute Gasteiger partial charge is 0.368 e. The lowest BCUT2D eigenvalue weighted by atomic mass is 9.78. The molecule has 0 aromatic rings. The van der Waals surface area contributed by atoms with Crippen LogP contribution >= 0.6 is 0 Å². The third-order valence-corrected chi connectivity index (χ3v) is 6.74. The van der Waals surface area contributed by atoms with Crippen LogP contribution in [-0.2, 0) is 14.4 Å². The Bertz CT molecular complexity index is 760. The lowest BCUT2D eigenvalue weighted by Crippen LogP contribution is -2.44. The number of aliphatic imine (C=N–C) groups is 1. The highest BCUT2D eigenvalue weighted by molar-refractivity contribution is 5.90. The second-order valence-electron chi connectivity index (χ2n) is 10.5. The van der Waals surface area contributed by atoms with Gasteiger partial charge in [0.25, 0.3) is 5.91 Å². The molecule has 0 aromatic carbocycles. The Labute approximate surface area is 205 Å². The second-order valence-corrected chi connectivity index (χ2v) is 10.5. The van der Waals surface area contributed by atoms with Gasteiger partial charge in [-0.25, -0.2) is 15.3 Å². The smallest absolute Gasteiger partial charge is 0.267 e. The summed E-state index contributed by atoms with van der Waals surface area (Å²) < 4.78 is 5.45. The van der Waals surface area contributed by atoms with Crippen molar-refractivity contribution in [3.05, 3.63) is 35.7 Å². The predicted molar refractivity (Wildman–Crippen MR) is 137 cm³/mol. The summed E-state index contributed by atoms with van der Waals surface area (Å²) in [6.07, 6.45) is 22.3. The summed E-state index contributed by atoms with van der Waals surface area (Å²) in [6, 6.07) is 0.231. The van der Waals surface area contributed by atoms with Crippen LogP contribution in [0, 0.1) is 5.92 Å². The Morgan fingerprint density at radius 1 is 1.24 bits per heavy atom. The number of nitrogens with two attached hydrogens (primary N) is 1. The Morgan fingerprint density at radius 2 is 2.00 bits per heavy atom. The van der Waals surface area contributed by atoms with Crippen LogP contribution in [0.3, 0.4) is 0 Å². The maximum absolute atomic E-state index is 12.1. The van der Waals surface area contributed by atoms with Crippen molar-refractivity contribution >= 4 is 12.1 Å². The van der Waals surface area contributed by atoms with Crippen molar-refractivity contribution in [3.8, 4) is 0 Å². The summed E-state index contributed by atoms with van der Waals surface area (Å²) in [4.78, 5) is 22.0. The highest BCUT2D eigenvalue weighted by Gasteiger charge is 2.27. The first-order chi connectivity index (χ1) is 16.4. The predicted octanol–water partition coefficient (Wildman–Crippen LogP) is 4.81. The summed E-state index contributed by atoms with van der Waals surface area (Å²) in [5, 5.41) is 3.54. The third kappa shape index (κ3) is 10.1. The SMILES string of the molecule is C[C@H](CC(C)(N)CC1CCCCC1)NC1=CCC/C=C(\C=C\C(=O)NOC2CCCCO2)C=N1. The first kappa shape index (κ1) is 26.6. The maximum atomic E-state index is 12.1. The monoisotopic (exact) mass is 472 g/mol. The molecule has 1 saturated heterocycles. The van der Waals surface area contributed by atoms with Crippen LogP contribution in [0.15, 0.2) is 40.7 Å². The van der Waals surface area contributed by atoms with E-state index in [-0.39, 0.29) is 23.8 Å². The van der Waals surface area contributed by atoms with E-state index in [1.807, 2.05) is 0 Å². The molecule has 2 heterocycles. The standard InChI is InChI=1S/C27H44N4O3/c1-21(18-27(2,28)19-22-10-4-3-5-11-22)30-24-13-7-6-12-23(20-29-24)15-16-25(32)31-34-26-14-8-9-17-33-26/h12-13,15-16,20-22,26,30H,3-11,14,17-19,28H2,1-2H3,(H,31,32)/b16-15+,23-12+,24-13?,29-20?/t21-,26?,27?/m1/s1. The van der Waals surface area contributed by atoms with Gasteiger partial charge in [0, 0.05) is 36.9 Å². The number of hydrogen-bond donors (Lipinski definition) is 3. The molecule has 7 heteroatoms. The van der Waals surface area contributed by atoms with E-state index in [1.165, 1.54) is 38.2 Å². The minimum atomic E-state index is -0.355. The summed E-state index contributed by atoms with van der Waals surface area (Å²) in [6.45, 7) is 5.04. The summed E-state index contributed by atoms with van der Waals surface area (Å²) >= 11 is 0. The number of hydroxylamine groups is 1. The molecule has 0 bridgehead atoms. The van der Waals surface area contributed by atoms with Gasteiger partial charge >= 0.3 is 0 Å². The van der Waals surface area contributed by atoms with Crippen LogP contribution in [0.4, 0.5) is 0 Å². The molecule has 0 radical (unpaired) electrons. The number of ether oxygens (including phenoxy) is 1. The lowest BCUT2D eigenvalue weighted by Gasteiger charge is -2.34. The fourth-order valence-corrected chi connectivity index (χ4v) is 5.20. The van der Waals surface area contributed by atoms with Gasteiger partial charge in [-0.1, -0.05) is 38.2 Å². The van der Waals surface area contributed by atoms with E-state index in [9.17, 15) is 4.79 Å². The van der Waals surface area contributed by atoms with E-state index < -0.39 is 0 Å². The Morgan fingerprint density at radius 3 is 2.76 bits per heavy atom. The van der Waals surface area contributed by atoms with Crippen molar-refractivity contribution in [2.75, 3.05) is 6.61 Å². The first-order valence-electron chi connectivity index (χ1n) is 13.1. The fraction of sp³-hybridized carbons (Fsp3) is 0.704. The molecule has 3 rings (SSSR count). The zero-order chi connectivity index (χ0) is 24.2. The molecule has 0 spiro atoms. The number of allylic oxidation sites excluding steroid dienone is 4. The lowest BCUT2D eigenvalue weighted by molar-refractivity contribution is -0.198. The van der Waals surface area contributed by atoms with E-state index in [4.69, 9.17) is 15.3 Å². The van der Waals surface area contributed by atoms with Crippen molar-refractivity contribution in [2.24, 2.45) is 16.6 Å². The Balaban J connectivity index is 1.44. The van der Waals surface area contributed by atoms with Gasteiger partial charge in [0.2, 0.25) is 0 Å². The molecule has 1 amide bonds. The average Bonchev–Trinajstić information content (AvgIpc) is 2.80. The molecular formula is C27H44N4O3. The minimum absolute atomic E-state index is 0.174. The topological polar surface area (TPSA) is 98.0 Å². The van der Waals surface area contributed by atoms with Gasteiger partial charge in [-0.2, -0.15) is 0 Å². The average molecular weight is 473 g/mol. The number of hydrogen-bond acceptors (Lipinski definition) is 6. The van der Waals surface area contributed by atoms with E-state index in [0.29, 0.717) is 6.61 Å². The molecule has 1 aliphatic carbocycles. The number of nitrogens with one attached hydrogen (secondary N) is 2. The molecule has 7 nitrogen and oxygen atoms in total. The first-order valence-corrected chi connectivity index (χ1v) is 13.1. The van der Waals surface area contributed by atoms with Gasteiger partial charge in [0.05, 0.1) is 0 Å². The van der Waals surface area contributed by atoms with Crippen molar-refractivity contribution in [1.82, 2.24) is 10.8 Å². The molecule has 4 N–H and O–H groups in total. The van der Waals surface area contributed by atoms with Gasteiger partial charge in [-0.3, -0.25) is 4.79 Å². The van der Waals surface area contributed by atoms with Gasteiger partial charge in [-0.05, 0) is 76.0 Å². The van der Waals surface area contributed by atoms with E-state index >= 15 is 0 Å². The van der Waals surface area contributed by atoms with Crippen LogP contribution in [0.2, 0.25) is 0 Å².